The molecule has 0 aliphatic heterocycles. The van der Waals surface area contributed by atoms with Gasteiger partial charge in [0, 0.05) is 12.5 Å². The summed E-state index contributed by atoms with van der Waals surface area (Å²) in [5.41, 5.74) is -0.147. The van der Waals surface area contributed by atoms with Crippen molar-refractivity contribution in [2.75, 3.05) is 6.61 Å². The lowest BCUT2D eigenvalue weighted by molar-refractivity contribution is -0.206. The molecule has 6 nitrogen and oxygen atoms in total. The van der Waals surface area contributed by atoms with E-state index in [4.69, 9.17) is 5.11 Å². The predicted octanol–water partition coefficient (Wildman–Crippen LogP) is 3.61. The van der Waals surface area contributed by atoms with E-state index in [1.165, 1.54) is 0 Å². The second kappa shape index (κ2) is 9.84. The number of aliphatic hydroxyl groups excluding tert-OH is 4. The summed E-state index contributed by atoms with van der Waals surface area (Å²) in [6.45, 7) is 6.67. The average molecular weight is 479 g/mol. The molecule has 4 aliphatic rings. The molecule has 4 rings (SSSR count). The zero-order chi connectivity index (χ0) is 24.8. The number of rotatable bonds is 7. The Labute approximate surface area is 204 Å². The van der Waals surface area contributed by atoms with Crippen LogP contribution in [0.2, 0.25) is 0 Å². The van der Waals surface area contributed by atoms with Gasteiger partial charge in [-0.25, -0.2) is 0 Å². The van der Waals surface area contributed by atoms with Crippen molar-refractivity contribution < 1.29 is 30.3 Å². The molecule has 4 fully saturated rings. The van der Waals surface area contributed by atoms with Crippen LogP contribution in [0.15, 0.2) is 12.2 Å². The number of hydrogen-bond donors (Lipinski definition) is 5. The number of hydrogen-bond acceptors (Lipinski definition) is 5. The topological polar surface area (TPSA) is 118 Å². The minimum Gasteiger partial charge on any atom is -0.481 e. The Morgan fingerprint density at radius 2 is 1.79 bits per heavy atom. The van der Waals surface area contributed by atoms with Crippen molar-refractivity contribution in [2.45, 2.75) is 96.9 Å². The molecule has 0 amide bonds. The fourth-order valence-electron chi connectivity index (χ4n) is 9.20. The maximum absolute atomic E-state index is 11.6. The number of fused-ring (bicyclic) bond motifs is 5. The molecule has 0 aromatic heterocycles. The molecular weight excluding hydrogens is 432 g/mol. The van der Waals surface area contributed by atoms with Crippen molar-refractivity contribution in [2.24, 2.45) is 52.3 Å². The maximum atomic E-state index is 11.6. The molecule has 1 unspecified atom stereocenters. The van der Waals surface area contributed by atoms with Gasteiger partial charge in [-0.05, 0) is 97.7 Å². The zero-order valence-corrected chi connectivity index (χ0v) is 21.1. The van der Waals surface area contributed by atoms with Gasteiger partial charge in [0.05, 0.1) is 24.7 Å². The van der Waals surface area contributed by atoms with Gasteiger partial charge in [0.2, 0.25) is 0 Å². The lowest BCUT2D eigenvalue weighted by atomic mass is 9.43. The monoisotopic (exact) mass is 478 g/mol. The number of allylic oxidation sites excluding steroid dienone is 1. The first kappa shape index (κ1) is 26.1. The summed E-state index contributed by atoms with van der Waals surface area (Å²) in [6, 6.07) is 0. The standard InChI is InChI=1S/C28H46O6/c1-16(5-4-6-17(15-29)11-25(33)34)20-7-8-21-26-22(14-24(32)28(20,21)3)27(2)10-9-19(30)12-18(27)13-23(26)31/h4,6,16-24,26,29-32H,5,7-15H2,1-3H3,(H,33,34)/t16-,17?,18+,19-,20-,21+,22+,23-,24+,26+,27+,28-/m1/s1. The van der Waals surface area contributed by atoms with E-state index in [2.05, 4.69) is 20.8 Å². The zero-order valence-electron chi connectivity index (χ0n) is 21.1. The van der Waals surface area contributed by atoms with E-state index in [1.807, 2.05) is 12.2 Å². The van der Waals surface area contributed by atoms with Crippen LogP contribution in [-0.2, 0) is 4.79 Å². The molecule has 194 valence electrons. The Morgan fingerprint density at radius 3 is 2.47 bits per heavy atom. The Morgan fingerprint density at radius 1 is 1.06 bits per heavy atom. The molecule has 4 saturated carbocycles. The van der Waals surface area contributed by atoms with E-state index >= 15 is 0 Å². The average Bonchev–Trinajstić information content (AvgIpc) is 3.13. The van der Waals surface area contributed by atoms with Crippen LogP contribution in [0.25, 0.3) is 0 Å². The van der Waals surface area contributed by atoms with Gasteiger partial charge in [-0.15, -0.1) is 0 Å². The largest absolute Gasteiger partial charge is 0.481 e. The number of carbonyl (C=O) groups is 1. The second-order valence-corrected chi connectivity index (χ2v) is 12.7. The van der Waals surface area contributed by atoms with Gasteiger partial charge in [-0.3, -0.25) is 4.79 Å². The third-order valence-corrected chi connectivity index (χ3v) is 11.1. The summed E-state index contributed by atoms with van der Waals surface area (Å²) < 4.78 is 0. The van der Waals surface area contributed by atoms with Crippen LogP contribution in [0.4, 0.5) is 0 Å². The highest BCUT2D eigenvalue weighted by atomic mass is 16.4. The first-order valence-corrected chi connectivity index (χ1v) is 13.6. The SMILES string of the molecule is C[C@H](CC=CC(CO)CC(=O)O)[C@H]1CC[C@H]2[C@@H]3[C@H](O)C[C@@H]4C[C@H](O)CC[C@]4(C)[C@H]3C[C@H](O)[C@]12C. The molecule has 0 saturated heterocycles. The minimum atomic E-state index is -0.905. The van der Waals surface area contributed by atoms with Crippen LogP contribution >= 0.6 is 0 Å². The summed E-state index contributed by atoms with van der Waals surface area (Å²) in [5.74, 6) is 0.552. The van der Waals surface area contributed by atoms with Gasteiger partial charge in [-0.2, -0.15) is 0 Å². The molecule has 0 spiro atoms. The summed E-state index contributed by atoms with van der Waals surface area (Å²) >= 11 is 0. The van der Waals surface area contributed by atoms with Crippen LogP contribution in [0.3, 0.4) is 0 Å². The van der Waals surface area contributed by atoms with Crippen LogP contribution in [-0.4, -0.2) is 56.4 Å². The molecule has 5 N–H and O–H groups in total. The van der Waals surface area contributed by atoms with E-state index in [9.17, 15) is 25.2 Å². The Bertz CT molecular complexity index is 768. The van der Waals surface area contributed by atoms with Crippen molar-refractivity contribution in [3.63, 3.8) is 0 Å². The van der Waals surface area contributed by atoms with E-state index in [0.717, 1.165) is 51.4 Å². The van der Waals surface area contributed by atoms with E-state index < -0.39 is 12.1 Å². The summed E-state index contributed by atoms with van der Waals surface area (Å²) in [5, 5.41) is 51.7. The molecular formula is C28H46O6. The van der Waals surface area contributed by atoms with Crippen molar-refractivity contribution in [3.05, 3.63) is 12.2 Å². The minimum absolute atomic E-state index is 0.0684. The molecule has 0 heterocycles. The number of aliphatic hydroxyl groups is 4. The maximum Gasteiger partial charge on any atom is 0.304 e. The van der Waals surface area contributed by atoms with Crippen LogP contribution in [0.5, 0.6) is 0 Å². The quantitative estimate of drug-likeness (QED) is 0.357. The smallest absolute Gasteiger partial charge is 0.304 e. The fourth-order valence-corrected chi connectivity index (χ4v) is 9.20. The fraction of sp³-hybridized carbons (Fsp3) is 0.893. The van der Waals surface area contributed by atoms with Gasteiger partial charge in [0.25, 0.3) is 0 Å². The summed E-state index contributed by atoms with van der Waals surface area (Å²) in [7, 11) is 0. The second-order valence-electron chi connectivity index (χ2n) is 12.7. The Kier molecular flexibility index (Phi) is 7.56. The van der Waals surface area contributed by atoms with Crippen molar-refractivity contribution in [1.82, 2.24) is 0 Å². The molecule has 12 atom stereocenters. The van der Waals surface area contributed by atoms with E-state index in [0.29, 0.717) is 29.6 Å². The molecule has 0 bridgehead atoms. The van der Waals surface area contributed by atoms with Gasteiger partial charge >= 0.3 is 5.97 Å². The van der Waals surface area contributed by atoms with Crippen molar-refractivity contribution >= 4 is 5.97 Å². The first-order valence-electron chi connectivity index (χ1n) is 13.6. The first-order chi connectivity index (χ1) is 16.0. The number of carboxylic acid groups (broad SMARTS) is 1. The van der Waals surface area contributed by atoms with E-state index in [1.54, 1.807) is 0 Å². The predicted molar refractivity (Wildman–Crippen MR) is 130 cm³/mol. The van der Waals surface area contributed by atoms with Crippen LogP contribution < -0.4 is 0 Å². The van der Waals surface area contributed by atoms with Crippen LogP contribution in [0, 0.1) is 52.3 Å². The van der Waals surface area contributed by atoms with Gasteiger partial charge < -0.3 is 25.5 Å². The lowest BCUT2D eigenvalue weighted by Crippen LogP contribution is -2.62. The Balaban J connectivity index is 1.50. The van der Waals surface area contributed by atoms with Crippen LogP contribution in [0.1, 0.15) is 78.6 Å². The number of aliphatic carboxylic acids is 1. The number of carboxylic acids is 1. The normalized spacial score (nSPS) is 48.1. The lowest BCUT2D eigenvalue weighted by Gasteiger charge is -2.63. The molecule has 0 radical (unpaired) electrons. The highest BCUT2D eigenvalue weighted by molar-refractivity contribution is 5.67. The molecule has 0 aromatic carbocycles. The van der Waals surface area contributed by atoms with Crippen molar-refractivity contribution in [1.29, 1.82) is 0 Å². The highest BCUT2D eigenvalue weighted by Gasteiger charge is 2.65. The molecule has 6 heteroatoms. The van der Waals surface area contributed by atoms with Gasteiger partial charge in [0.1, 0.15) is 0 Å². The summed E-state index contributed by atoms with van der Waals surface area (Å²) in [6.07, 6.45) is 9.72. The molecule has 4 aliphatic carbocycles. The third kappa shape index (κ3) is 4.38. The summed E-state index contributed by atoms with van der Waals surface area (Å²) in [4.78, 5) is 11.0. The van der Waals surface area contributed by atoms with Gasteiger partial charge in [0.15, 0.2) is 0 Å². The van der Waals surface area contributed by atoms with E-state index in [-0.39, 0.29) is 47.9 Å². The molecule has 34 heavy (non-hydrogen) atoms. The third-order valence-electron chi connectivity index (χ3n) is 11.1. The van der Waals surface area contributed by atoms with Crippen molar-refractivity contribution in [3.8, 4) is 0 Å². The Hall–Kier alpha value is -0.950. The molecule has 0 aromatic rings. The van der Waals surface area contributed by atoms with Gasteiger partial charge in [-0.1, -0.05) is 32.9 Å². The highest BCUT2D eigenvalue weighted by Crippen LogP contribution is 2.68.